The molecule has 1 heterocycles. The quantitative estimate of drug-likeness (QED) is 0.837. The molecular weight excluding hydrogens is 262 g/mol. The lowest BCUT2D eigenvalue weighted by Gasteiger charge is -2.21. The van der Waals surface area contributed by atoms with E-state index in [0.717, 1.165) is 0 Å². The first-order valence-electron chi connectivity index (χ1n) is 6.35. The standard InChI is InChI=1S/C14H19NO5/c1-9-15(5-6-20-9)14(16)10-7-11(17-2)13(19-4)12(8-10)18-3/h7-9H,5-6H2,1-4H3. The van der Waals surface area contributed by atoms with E-state index in [2.05, 4.69) is 0 Å². The Kier molecular flexibility index (Phi) is 4.34. The summed E-state index contributed by atoms with van der Waals surface area (Å²) in [7, 11) is 4.57. The largest absolute Gasteiger partial charge is 0.493 e. The van der Waals surface area contributed by atoms with E-state index in [4.69, 9.17) is 18.9 Å². The summed E-state index contributed by atoms with van der Waals surface area (Å²) in [4.78, 5) is 14.2. The van der Waals surface area contributed by atoms with Crippen molar-refractivity contribution in [3.63, 3.8) is 0 Å². The van der Waals surface area contributed by atoms with Gasteiger partial charge in [-0.15, -0.1) is 0 Å². The number of ether oxygens (including phenoxy) is 4. The molecule has 1 aliphatic rings. The Hall–Kier alpha value is -1.95. The molecule has 2 rings (SSSR count). The minimum absolute atomic E-state index is 0.116. The summed E-state index contributed by atoms with van der Waals surface area (Å²) in [5.74, 6) is 1.28. The molecule has 1 atom stereocenters. The fourth-order valence-electron chi connectivity index (χ4n) is 2.23. The van der Waals surface area contributed by atoms with Gasteiger partial charge in [-0.25, -0.2) is 0 Å². The van der Waals surface area contributed by atoms with Gasteiger partial charge in [0, 0.05) is 12.1 Å². The Morgan fingerprint density at radius 2 is 1.80 bits per heavy atom. The molecule has 0 N–H and O–H groups in total. The predicted octanol–water partition coefficient (Wildman–Crippen LogP) is 1.53. The molecule has 1 fully saturated rings. The number of rotatable bonds is 4. The second-order valence-electron chi connectivity index (χ2n) is 4.38. The highest BCUT2D eigenvalue weighted by atomic mass is 16.5. The lowest BCUT2D eigenvalue weighted by molar-refractivity contribution is 0.0377. The molecule has 1 aliphatic heterocycles. The van der Waals surface area contributed by atoms with E-state index < -0.39 is 0 Å². The van der Waals surface area contributed by atoms with Gasteiger partial charge in [-0.2, -0.15) is 0 Å². The second-order valence-corrected chi connectivity index (χ2v) is 4.38. The molecule has 0 spiro atoms. The third kappa shape index (κ3) is 2.51. The average Bonchev–Trinajstić information content (AvgIpc) is 2.90. The Bertz CT molecular complexity index is 477. The third-order valence-electron chi connectivity index (χ3n) is 3.30. The van der Waals surface area contributed by atoms with Gasteiger partial charge in [0.05, 0.1) is 27.9 Å². The topological polar surface area (TPSA) is 57.2 Å². The number of hydrogen-bond donors (Lipinski definition) is 0. The molecule has 1 amide bonds. The predicted molar refractivity (Wildman–Crippen MR) is 72.5 cm³/mol. The van der Waals surface area contributed by atoms with E-state index in [1.165, 1.54) is 21.3 Å². The van der Waals surface area contributed by atoms with Crippen LogP contribution in [-0.2, 0) is 4.74 Å². The zero-order valence-electron chi connectivity index (χ0n) is 12.1. The van der Waals surface area contributed by atoms with Crippen molar-refractivity contribution in [2.45, 2.75) is 13.2 Å². The number of hydrogen-bond acceptors (Lipinski definition) is 5. The summed E-state index contributed by atoms with van der Waals surface area (Å²) in [6.07, 6.45) is -0.221. The number of benzene rings is 1. The van der Waals surface area contributed by atoms with Gasteiger partial charge in [-0.1, -0.05) is 0 Å². The van der Waals surface area contributed by atoms with Crippen LogP contribution < -0.4 is 14.2 Å². The summed E-state index contributed by atoms with van der Waals surface area (Å²) >= 11 is 0. The molecule has 6 heteroatoms. The first-order chi connectivity index (χ1) is 9.62. The SMILES string of the molecule is COc1cc(C(=O)N2CCOC2C)cc(OC)c1OC. The number of carbonyl (C=O) groups excluding carboxylic acids is 1. The van der Waals surface area contributed by atoms with Gasteiger partial charge >= 0.3 is 0 Å². The normalized spacial score (nSPS) is 18.0. The number of amides is 1. The zero-order valence-corrected chi connectivity index (χ0v) is 12.1. The Balaban J connectivity index is 2.39. The number of nitrogens with zero attached hydrogens (tertiary/aromatic N) is 1. The molecule has 1 aromatic carbocycles. The first kappa shape index (κ1) is 14.5. The molecule has 110 valence electrons. The Morgan fingerprint density at radius 3 is 2.20 bits per heavy atom. The van der Waals surface area contributed by atoms with Crippen molar-refractivity contribution >= 4 is 5.91 Å². The molecule has 0 aliphatic carbocycles. The summed E-state index contributed by atoms with van der Waals surface area (Å²) in [6, 6.07) is 3.30. The molecular formula is C14H19NO5. The summed E-state index contributed by atoms with van der Waals surface area (Å²) in [5, 5.41) is 0. The molecule has 1 saturated heterocycles. The van der Waals surface area contributed by atoms with E-state index in [1.54, 1.807) is 17.0 Å². The van der Waals surface area contributed by atoms with Gasteiger partial charge in [0.1, 0.15) is 6.23 Å². The van der Waals surface area contributed by atoms with Gasteiger partial charge in [-0.3, -0.25) is 4.79 Å². The van der Waals surface area contributed by atoms with Crippen molar-refractivity contribution in [2.75, 3.05) is 34.5 Å². The van der Waals surface area contributed by atoms with E-state index in [-0.39, 0.29) is 12.1 Å². The van der Waals surface area contributed by atoms with Crippen molar-refractivity contribution in [2.24, 2.45) is 0 Å². The van der Waals surface area contributed by atoms with Gasteiger partial charge < -0.3 is 23.8 Å². The van der Waals surface area contributed by atoms with Crippen LogP contribution in [0.1, 0.15) is 17.3 Å². The summed E-state index contributed by atoms with van der Waals surface area (Å²) in [5.41, 5.74) is 0.483. The van der Waals surface area contributed by atoms with Gasteiger partial charge in [-0.05, 0) is 19.1 Å². The molecule has 0 saturated carbocycles. The van der Waals surface area contributed by atoms with Crippen LogP contribution >= 0.6 is 0 Å². The van der Waals surface area contributed by atoms with Crippen molar-refractivity contribution in [3.05, 3.63) is 17.7 Å². The fraction of sp³-hybridized carbons (Fsp3) is 0.500. The fourth-order valence-corrected chi connectivity index (χ4v) is 2.23. The number of methoxy groups -OCH3 is 3. The lowest BCUT2D eigenvalue weighted by Crippen LogP contribution is -2.34. The average molecular weight is 281 g/mol. The molecule has 1 unspecified atom stereocenters. The molecule has 1 aromatic rings. The van der Waals surface area contributed by atoms with Crippen molar-refractivity contribution in [3.8, 4) is 17.2 Å². The highest BCUT2D eigenvalue weighted by Crippen LogP contribution is 2.38. The van der Waals surface area contributed by atoms with Crippen LogP contribution in [0.15, 0.2) is 12.1 Å². The Labute approximate surface area is 118 Å². The van der Waals surface area contributed by atoms with Crippen LogP contribution in [-0.4, -0.2) is 51.5 Å². The van der Waals surface area contributed by atoms with Crippen LogP contribution in [0.25, 0.3) is 0 Å². The maximum absolute atomic E-state index is 12.5. The summed E-state index contributed by atoms with van der Waals surface area (Å²) in [6.45, 7) is 2.98. The van der Waals surface area contributed by atoms with Crippen LogP contribution in [0.5, 0.6) is 17.2 Å². The van der Waals surface area contributed by atoms with Crippen LogP contribution in [0.2, 0.25) is 0 Å². The molecule has 0 radical (unpaired) electrons. The third-order valence-corrected chi connectivity index (χ3v) is 3.30. The van der Waals surface area contributed by atoms with Crippen molar-refractivity contribution < 1.29 is 23.7 Å². The number of carbonyl (C=O) groups is 1. The lowest BCUT2D eigenvalue weighted by atomic mass is 10.1. The summed E-state index contributed by atoms with van der Waals surface area (Å²) < 4.78 is 21.1. The first-order valence-corrected chi connectivity index (χ1v) is 6.35. The van der Waals surface area contributed by atoms with E-state index >= 15 is 0 Å². The van der Waals surface area contributed by atoms with Gasteiger partial charge in [0.25, 0.3) is 5.91 Å². The minimum atomic E-state index is -0.221. The molecule has 6 nitrogen and oxygen atoms in total. The van der Waals surface area contributed by atoms with Crippen LogP contribution in [0.4, 0.5) is 0 Å². The van der Waals surface area contributed by atoms with Crippen molar-refractivity contribution in [1.29, 1.82) is 0 Å². The minimum Gasteiger partial charge on any atom is -0.493 e. The van der Waals surface area contributed by atoms with Crippen LogP contribution in [0.3, 0.4) is 0 Å². The highest BCUT2D eigenvalue weighted by molar-refractivity contribution is 5.96. The van der Waals surface area contributed by atoms with E-state index in [1.807, 2.05) is 6.92 Å². The molecule has 20 heavy (non-hydrogen) atoms. The smallest absolute Gasteiger partial charge is 0.256 e. The molecule has 0 bridgehead atoms. The highest BCUT2D eigenvalue weighted by Gasteiger charge is 2.28. The zero-order chi connectivity index (χ0) is 14.7. The van der Waals surface area contributed by atoms with Crippen LogP contribution in [0, 0.1) is 0 Å². The second kappa shape index (κ2) is 6.00. The van der Waals surface area contributed by atoms with Gasteiger partial charge in [0.2, 0.25) is 5.75 Å². The van der Waals surface area contributed by atoms with Gasteiger partial charge in [0.15, 0.2) is 11.5 Å². The Morgan fingerprint density at radius 1 is 1.20 bits per heavy atom. The monoisotopic (exact) mass is 281 g/mol. The van der Waals surface area contributed by atoms with Crippen molar-refractivity contribution in [1.82, 2.24) is 4.90 Å². The molecule has 0 aromatic heterocycles. The maximum Gasteiger partial charge on any atom is 0.256 e. The van der Waals surface area contributed by atoms with E-state index in [9.17, 15) is 4.79 Å². The van der Waals surface area contributed by atoms with E-state index in [0.29, 0.717) is 36.0 Å². The maximum atomic E-state index is 12.5.